The van der Waals surface area contributed by atoms with Gasteiger partial charge in [-0.05, 0) is 18.4 Å². The number of rotatable bonds is 9. The van der Waals surface area contributed by atoms with Gasteiger partial charge in [-0.2, -0.15) is 0 Å². The van der Waals surface area contributed by atoms with Gasteiger partial charge in [0.05, 0.1) is 13.0 Å². The van der Waals surface area contributed by atoms with E-state index >= 15 is 0 Å². The first-order valence-electron chi connectivity index (χ1n) is 9.76. The summed E-state index contributed by atoms with van der Waals surface area (Å²) in [6.45, 7) is 7.69. The van der Waals surface area contributed by atoms with Crippen molar-refractivity contribution in [2.45, 2.75) is 46.1 Å². The molecule has 6 nitrogen and oxygen atoms in total. The lowest BCUT2D eigenvalue weighted by Crippen LogP contribution is -2.29. The van der Waals surface area contributed by atoms with Crippen molar-refractivity contribution >= 4 is 11.8 Å². The van der Waals surface area contributed by atoms with Crippen molar-refractivity contribution in [3.8, 4) is 11.5 Å². The van der Waals surface area contributed by atoms with E-state index in [1.54, 1.807) is 6.92 Å². The molecule has 6 heteroatoms. The summed E-state index contributed by atoms with van der Waals surface area (Å²) in [7, 11) is 1.39. The van der Waals surface area contributed by atoms with E-state index in [9.17, 15) is 14.7 Å². The van der Waals surface area contributed by atoms with Gasteiger partial charge in [0, 0.05) is 24.6 Å². The standard InChI is InChI=1S/C23H29NO5/c1-14(2)20(17-9-7-6-8-10-17)16(4)29-23(27)15(3)13-18(25)21-22(26)19(28-5)11-12-24-21/h6-12,14-16,20,26H,13H2,1-5H3/t15-,16+,20-/m1/s1. The van der Waals surface area contributed by atoms with Gasteiger partial charge >= 0.3 is 5.97 Å². The van der Waals surface area contributed by atoms with Crippen molar-refractivity contribution in [2.24, 2.45) is 11.8 Å². The highest BCUT2D eigenvalue weighted by atomic mass is 16.5. The first kappa shape index (κ1) is 22.4. The predicted molar refractivity (Wildman–Crippen MR) is 110 cm³/mol. The molecular formula is C23H29NO5. The lowest BCUT2D eigenvalue weighted by atomic mass is 9.84. The molecule has 2 aromatic rings. The van der Waals surface area contributed by atoms with E-state index in [0.717, 1.165) is 5.56 Å². The number of hydrogen-bond donors (Lipinski definition) is 1. The second kappa shape index (κ2) is 10.0. The molecule has 3 atom stereocenters. The van der Waals surface area contributed by atoms with E-state index < -0.39 is 17.7 Å². The maximum absolute atomic E-state index is 12.6. The van der Waals surface area contributed by atoms with Crippen LogP contribution in [-0.2, 0) is 9.53 Å². The smallest absolute Gasteiger partial charge is 0.309 e. The lowest BCUT2D eigenvalue weighted by molar-refractivity contribution is -0.154. The maximum Gasteiger partial charge on any atom is 0.309 e. The Bertz CT molecular complexity index is 834. The van der Waals surface area contributed by atoms with E-state index in [1.165, 1.54) is 19.4 Å². The van der Waals surface area contributed by atoms with E-state index in [1.807, 2.05) is 37.3 Å². The number of ether oxygens (including phenoxy) is 2. The van der Waals surface area contributed by atoms with Crippen LogP contribution in [0.1, 0.15) is 56.1 Å². The largest absolute Gasteiger partial charge is 0.503 e. The van der Waals surface area contributed by atoms with Crippen LogP contribution >= 0.6 is 0 Å². The van der Waals surface area contributed by atoms with Gasteiger partial charge in [0.2, 0.25) is 0 Å². The molecule has 156 valence electrons. The van der Waals surface area contributed by atoms with Gasteiger partial charge in [0.15, 0.2) is 23.0 Å². The van der Waals surface area contributed by atoms with Crippen LogP contribution in [0.5, 0.6) is 11.5 Å². The Labute approximate surface area is 171 Å². The molecule has 0 aliphatic carbocycles. The number of Topliss-reactive ketones (excluding diaryl/α,β-unsaturated/α-hetero) is 1. The zero-order chi connectivity index (χ0) is 21.6. The molecule has 0 amide bonds. The summed E-state index contributed by atoms with van der Waals surface area (Å²) in [6.07, 6.45) is 0.923. The summed E-state index contributed by atoms with van der Waals surface area (Å²) in [6, 6.07) is 11.4. The lowest BCUT2D eigenvalue weighted by Gasteiger charge is -2.28. The van der Waals surface area contributed by atoms with Crippen LogP contribution in [0.25, 0.3) is 0 Å². The van der Waals surface area contributed by atoms with Crippen LogP contribution in [-0.4, -0.2) is 35.1 Å². The summed E-state index contributed by atoms with van der Waals surface area (Å²) in [5.74, 6) is -1.40. The summed E-state index contributed by atoms with van der Waals surface area (Å²) in [5, 5.41) is 10.1. The third-order valence-electron chi connectivity index (χ3n) is 4.98. The fourth-order valence-electron chi connectivity index (χ4n) is 3.51. The van der Waals surface area contributed by atoms with Crippen LogP contribution in [0, 0.1) is 11.8 Å². The molecule has 2 rings (SSSR count). The van der Waals surface area contributed by atoms with Crippen molar-refractivity contribution < 1.29 is 24.2 Å². The van der Waals surface area contributed by atoms with Gasteiger partial charge < -0.3 is 14.6 Å². The number of carbonyl (C=O) groups excluding carboxylic acids is 2. The zero-order valence-corrected chi connectivity index (χ0v) is 17.6. The van der Waals surface area contributed by atoms with E-state index in [-0.39, 0.29) is 41.6 Å². The summed E-state index contributed by atoms with van der Waals surface area (Å²) < 4.78 is 10.7. The third-order valence-corrected chi connectivity index (χ3v) is 4.98. The Morgan fingerprint density at radius 2 is 1.72 bits per heavy atom. The van der Waals surface area contributed by atoms with Crippen molar-refractivity contribution in [3.05, 3.63) is 53.9 Å². The Balaban J connectivity index is 2.05. The van der Waals surface area contributed by atoms with Gasteiger partial charge in [0.25, 0.3) is 0 Å². The first-order chi connectivity index (χ1) is 13.8. The number of aromatic nitrogens is 1. The second-order valence-corrected chi connectivity index (χ2v) is 7.56. The molecule has 1 aromatic carbocycles. The quantitative estimate of drug-likeness (QED) is 0.498. The highest BCUT2D eigenvalue weighted by Gasteiger charge is 2.29. The monoisotopic (exact) mass is 399 g/mol. The topological polar surface area (TPSA) is 85.7 Å². The second-order valence-electron chi connectivity index (χ2n) is 7.56. The molecule has 0 saturated heterocycles. The maximum atomic E-state index is 12.6. The number of hydrogen-bond acceptors (Lipinski definition) is 6. The Morgan fingerprint density at radius 1 is 1.07 bits per heavy atom. The number of aromatic hydroxyl groups is 1. The molecule has 0 bridgehead atoms. The number of benzene rings is 1. The molecule has 0 saturated carbocycles. The normalized spacial score (nSPS) is 14.1. The van der Waals surface area contributed by atoms with Crippen LogP contribution in [0.2, 0.25) is 0 Å². The summed E-state index contributed by atoms with van der Waals surface area (Å²) in [4.78, 5) is 29.0. The number of methoxy groups -OCH3 is 1. The Morgan fingerprint density at radius 3 is 2.31 bits per heavy atom. The number of carbonyl (C=O) groups is 2. The molecule has 1 aromatic heterocycles. The van der Waals surface area contributed by atoms with E-state index in [2.05, 4.69) is 18.8 Å². The van der Waals surface area contributed by atoms with Crippen LogP contribution in [0.4, 0.5) is 0 Å². The van der Waals surface area contributed by atoms with Gasteiger partial charge in [-0.3, -0.25) is 9.59 Å². The van der Waals surface area contributed by atoms with E-state index in [4.69, 9.17) is 9.47 Å². The molecule has 0 aliphatic rings. The highest BCUT2D eigenvalue weighted by Crippen LogP contribution is 2.31. The molecular weight excluding hydrogens is 370 g/mol. The highest BCUT2D eigenvalue weighted by molar-refractivity contribution is 5.99. The minimum atomic E-state index is -0.666. The zero-order valence-electron chi connectivity index (χ0n) is 17.6. The Hall–Kier alpha value is -2.89. The van der Waals surface area contributed by atoms with E-state index in [0.29, 0.717) is 0 Å². The molecule has 29 heavy (non-hydrogen) atoms. The Kier molecular flexibility index (Phi) is 7.76. The van der Waals surface area contributed by atoms with Gasteiger partial charge in [-0.15, -0.1) is 0 Å². The van der Waals surface area contributed by atoms with Crippen molar-refractivity contribution in [1.29, 1.82) is 0 Å². The number of pyridine rings is 1. The molecule has 0 aliphatic heterocycles. The molecule has 0 spiro atoms. The van der Waals surface area contributed by atoms with Crippen LogP contribution in [0.3, 0.4) is 0 Å². The fourth-order valence-corrected chi connectivity index (χ4v) is 3.51. The number of ketones is 1. The molecule has 0 radical (unpaired) electrons. The molecule has 1 heterocycles. The number of esters is 1. The summed E-state index contributed by atoms with van der Waals surface area (Å²) >= 11 is 0. The minimum absolute atomic E-state index is 0.0483. The van der Waals surface area contributed by atoms with Gasteiger partial charge in [-0.1, -0.05) is 51.1 Å². The third kappa shape index (κ3) is 5.56. The van der Waals surface area contributed by atoms with Crippen LogP contribution in [0.15, 0.2) is 42.6 Å². The van der Waals surface area contributed by atoms with Crippen LogP contribution < -0.4 is 4.74 Å². The molecule has 0 fully saturated rings. The van der Waals surface area contributed by atoms with Crippen molar-refractivity contribution in [2.75, 3.05) is 7.11 Å². The average molecular weight is 399 g/mol. The molecule has 0 unspecified atom stereocenters. The summed E-state index contributed by atoms with van der Waals surface area (Å²) in [5.41, 5.74) is 0.999. The van der Waals surface area contributed by atoms with Crippen molar-refractivity contribution in [1.82, 2.24) is 4.98 Å². The SMILES string of the molecule is COc1ccnc(C(=O)C[C@@H](C)C(=O)O[C@@H](C)[C@H](c2ccccc2)C(C)C)c1O. The minimum Gasteiger partial charge on any atom is -0.503 e. The van der Waals surface area contributed by atoms with Gasteiger partial charge in [-0.25, -0.2) is 4.98 Å². The van der Waals surface area contributed by atoms with Crippen molar-refractivity contribution in [3.63, 3.8) is 0 Å². The fraction of sp³-hybridized carbons (Fsp3) is 0.435. The predicted octanol–water partition coefficient (Wildman–Crippen LogP) is 4.38. The van der Waals surface area contributed by atoms with Gasteiger partial charge in [0.1, 0.15) is 6.10 Å². The number of nitrogens with zero attached hydrogens (tertiary/aromatic N) is 1. The average Bonchev–Trinajstić information content (AvgIpc) is 2.68. The first-order valence-corrected chi connectivity index (χ1v) is 9.76. The molecule has 1 N–H and O–H groups in total.